The van der Waals surface area contributed by atoms with Crippen LogP contribution in [0.4, 0.5) is 0 Å². The lowest BCUT2D eigenvalue weighted by Gasteiger charge is -2.04. The van der Waals surface area contributed by atoms with Gasteiger partial charge in [-0.25, -0.2) is 9.59 Å². The summed E-state index contributed by atoms with van der Waals surface area (Å²) in [7, 11) is 1.21. The van der Waals surface area contributed by atoms with Gasteiger partial charge in [0.05, 0.1) is 7.11 Å². The Bertz CT molecular complexity index is 889. The SMILES string of the molecule is COC(=O)c1cccc(C=NCN=Cc2cccc(C(=O)O)c2O)c1O. The highest BCUT2D eigenvalue weighted by molar-refractivity contribution is 5.97. The van der Waals surface area contributed by atoms with E-state index in [9.17, 15) is 19.8 Å². The molecule has 0 heterocycles. The number of carboxylic acids is 1. The minimum absolute atomic E-state index is 0.0235. The van der Waals surface area contributed by atoms with Crippen molar-refractivity contribution < 1.29 is 29.6 Å². The van der Waals surface area contributed by atoms with Crippen LogP contribution in [0.15, 0.2) is 46.4 Å². The number of para-hydroxylation sites is 2. The fourth-order valence-corrected chi connectivity index (χ4v) is 2.10. The Balaban J connectivity index is 2.09. The van der Waals surface area contributed by atoms with E-state index in [1.807, 2.05) is 0 Å². The molecule has 8 heteroatoms. The van der Waals surface area contributed by atoms with Crippen LogP contribution in [-0.4, -0.2) is 53.5 Å². The van der Waals surface area contributed by atoms with Gasteiger partial charge in [-0.05, 0) is 24.3 Å². The molecule has 0 amide bonds. The van der Waals surface area contributed by atoms with Crippen molar-refractivity contribution in [2.24, 2.45) is 9.98 Å². The average Bonchev–Trinajstić information content (AvgIpc) is 2.63. The molecule has 0 saturated heterocycles. The minimum Gasteiger partial charge on any atom is -0.506 e. The van der Waals surface area contributed by atoms with Gasteiger partial charge in [-0.3, -0.25) is 9.98 Å². The smallest absolute Gasteiger partial charge is 0.341 e. The first-order chi connectivity index (χ1) is 12.5. The standard InChI is InChI=1S/C18H16N2O6/c1-26-18(25)14-7-3-5-12(16(14)22)9-20-10-19-8-11-4-2-6-13(15(11)21)17(23)24/h2-9,21-22H,10H2,1H3,(H,23,24). The summed E-state index contributed by atoms with van der Waals surface area (Å²) >= 11 is 0. The lowest BCUT2D eigenvalue weighted by atomic mass is 10.1. The molecule has 0 saturated carbocycles. The number of aromatic hydroxyl groups is 2. The molecule has 0 radical (unpaired) electrons. The van der Waals surface area contributed by atoms with E-state index in [0.717, 1.165) is 0 Å². The fourth-order valence-electron chi connectivity index (χ4n) is 2.10. The van der Waals surface area contributed by atoms with E-state index >= 15 is 0 Å². The number of phenolic OH excluding ortho intramolecular Hbond substituents is 1. The number of nitrogens with zero attached hydrogens (tertiary/aromatic N) is 2. The van der Waals surface area contributed by atoms with Crippen molar-refractivity contribution in [2.75, 3.05) is 13.8 Å². The number of benzene rings is 2. The summed E-state index contributed by atoms with van der Waals surface area (Å²) in [6.45, 7) is -0.0291. The lowest BCUT2D eigenvalue weighted by molar-refractivity contribution is 0.0596. The Labute approximate surface area is 148 Å². The minimum atomic E-state index is -1.24. The van der Waals surface area contributed by atoms with E-state index in [4.69, 9.17) is 5.11 Å². The van der Waals surface area contributed by atoms with Crippen LogP contribution in [0.5, 0.6) is 11.5 Å². The van der Waals surface area contributed by atoms with E-state index < -0.39 is 11.9 Å². The summed E-state index contributed by atoms with van der Waals surface area (Å²) in [6.07, 6.45) is 2.64. The number of carbonyl (C=O) groups is 2. The molecule has 3 N–H and O–H groups in total. The van der Waals surface area contributed by atoms with Gasteiger partial charge >= 0.3 is 11.9 Å². The topological polar surface area (TPSA) is 129 Å². The van der Waals surface area contributed by atoms with Gasteiger partial charge in [-0.15, -0.1) is 0 Å². The molecule has 0 bridgehead atoms. The number of aromatic carboxylic acids is 1. The molecule has 0 aromatic heterocycles. The highest BCUT2D eigenvalue weighted by atomic mass is 16.5. The first kappa shape index (κ1) is 18.7. The number of hydrogen-bond donors (Lipinski definition) is 3. The normalized spacial score (nSPS) is 11.1. The predicted octanol–water partition coefficient (Wildman–Crippen LogP) is 2.08. The van der Waals surface area contributed by atoms with Crippen LogP contribution in [0.2, 0.25) is 0 Å². The van der Waals surface area contributed by atoms with Crippen molar-refractivity contribution >= 4 is 24.4 Å². The highest BCUT2D eigenvalue weighted by Gasteiger charge is 2.13. The van der Waals surface area contributed by atoms with Crippen LogP contribution in [0, 0.1) is 0 Å². The molecule has 0 aliphatic carbocycles. The zero-order valence-corrected chi connectivity index (χ0v) is 13.8. The van der Waals surface area contributed by atoms with Gasteiger partial charge in [0.15, 0.2) is 0 Å². The summed E-state index contributed by atoms with van der Waals surface area (Å²) < 4.78 is 4.57. The first-order valence-electron chi connectivity index (χ1n) is 7.41. The van der Waals surface area contributed by atoms with Crippen molar-refractivity contribution in [3.05, 3.63) is 58.7 Å². The third kappa shape index (κ3) is 4.23. The molecule has 2 aromatic carbocycles. The Morgan fingerprint density at radius 1 is 0.962 bits per heavy atom. The summed E-state index contributed by atoms with van der Waals surface area (Å²) in [6, 6.07) is 8.85. The number of carboxylic acid groups (broad SMARTS) is 1. The number of hydrogen-bond acceptors (Lipinski definition) is 7. The number of esters is 1. The van der Waals surface area contributed by atoms with Crippen LogP contribution >= 0.6 is 0 Å². The molecule has 2 aromatic rings. The van der Waals surface area contributed by atoms with E-state index in [1.165, 1.54) is 43.8 Å². The molecule has 0 aliphatic rings. The molecule has 0 fully saturated rings. The van der Waals surface area contributed by atoms with Crippen LogP contribution < -0.4 is 0 Å². The molecule has 26 heavy (non-hydrogen) atoms. The average molecular weight is 356 g/mol. The molecule has 0 atom stereocenters. The number of carbonyl (C=O) groups excluding carboxylic acids is 1. The summed E-state index contributed by atoms with van der Waals surface area (Å²) in [5.41, 5.74) is 0.367. The zero-order valence-electron chi connectivity index (χ0n) is 13.8. The van der Waals surface area contributed by atoms with E-state index in [0.29, 0.717) is 5.56 Å². The molecular formula is C18H16N2O6. The number of methoxy groups -OCH3 is 1. The number of ether oxygens (including phenoxy) is 1. The summed E-state index contributed by atoms with van der Waals surface area (Å²) in [5, 5.41) is 28.8. The molecule has 134 valence electrons. The monoisotopic (exact) mass is 356 g/mol. The maximum Gasteiger partial charge on any atom is 0.341 e. The van der Waals surface area contributed by atoms with Gasteiger partial charge < -0.3 is 20.1 Å². The maximum absolute atomic E-state index is 11.5. The van der Waals surface area contributed by atoms with Crippen LogP contribution in [0.3, 0.4) is 0 Å². The Morgan fingerprint density at radius 2 is 1.46 bits per heavy atom. The molecular weight excluding hydrogens is 340 g/mol. The van der Waals surface area contributed by atoms with E-state index in [-0.39, 0.29) is 34.9 Å². The van der Waals surface area contributed by atoms with Crippen molar-refractivity contribution in [1.29, 1.82) is 0 Å². The van der Waals surface area contributed by atoms with Crippen molar-refractivity contribution in [3.8, 4) is 11.5 Å². The number of phenols is 2. The summed E-state index contributed by atoms with van der Waals surface area (Å²) in [5.74, 6) is -2.53. The largest absolute Gasteiger partial charge is 0.506 e. The molecule has 0 unspecified atom stereocenters. The fraction of sp³-hybridized carbons (Fsp3) is 0.111. The molecule has 0 aliphatic heterocycles. The van der Waals surface area contributed by atoms with Gasteiger partial charge in [0.25, 0.3) is 0 Å². The first-order valence-corrected chi connectivity index (χ1v) is 7.41. The van der Waals surface area contributed by atoms with Gasteiger partial charge in [-0.2, -0.15) is 0 Å². The van der Waals surface area contributed by atoms with E-state index in [1.54, 1.807) is 12.1 Å². The van der Waals surface area contributed by atoms with Gasteiger partial charge in [0.2, 0.25) is 0 Å². The number of aliphatic imine (C=N–C) groups is 2. The second-order valence-corrected chi connectivity index (χ2v) is 5.05. The molecule has 8 nitrogen and oxygen atoms in total. The molecule has 0 spiro atoms. The van der Waals surface area contributed by atoms with Crippen LogP contribution in [0.1, 0.15) is 31.8 Å². The van der Waals surface area contributed by atoms with Gasteiger partial charge in [0.1, 0.15) is 29.3 Å². The van der Waals surface area contributed by atoms with E-state index in [2.05, 4.69) is 14.7 Å². The molecule has 2 rings (SSSR count). The summed E-state index contributed by atoms with van der Waals surface area (Å²) in [4.78, 5) is 30.4. The quantitative estimate of drug-likeness (QED) is 0.537. The zero-order chi connectivity index (χ0) is 19.1. The second kappa shape index (κ2) is 8.43. The van der Waals surface area contributed by atoms with Gasteiger partial charge in [-0.1, -0.05) is 12.1 Å². The Kier molecular flexibility index (Phi) is 6.05. The van der Waals surface area contributed by atoms with Crippen LogP contribution in [0.25, 0.3) is 0 Å². The van der Waals surface area contributed by atoms with Gasteiger partial charge in [0, 0.05) is 23.6 Å². The third-order valence-electron chi connectivity index (χ3n) is 3.39. The third-order valence-corrected chi connectivity index (χ3v) is 3.39. The highest BCUT2D eigenvalue weighted by Crippen LogP contribution is 2.22. The van der Waals surface area contributed by atoms with Crippen molar-refractivity contribution in [2.45, 2.75) is 0 Å². The number of rotatable bonds is 6. The van der Waals surface area contributed by atoms with Crippen molar-refractivity contribution in [3.63, 3.8) is 0 Å². The lowest BCUT2D eigenvalue weighted by Crippen LogP contribution is -2.02. The van der Waals surface area contributed by atoms with Crippen LogP contribution in [-0.2, 0) is 4.74 Å². The second-order valence-electron chi connectivity index (χ2n) is 5.05. The Hall–Kier alpha value is -3.68. The predicted molar refractivity (Wildman–Crippen MR) is 94.6 cm³/mol. The van der Waals surface area contributed by atoms with Crippen molar-refractivity contribution in [1.82, 2.24) is 0 Å². The maximum atomic E-state index is 11.5. The Morgan fingerprint density at radius 3 is 1.96 bits per heavy atom.